The van der Waals surface area contributed by atoms with Gasteiger partial charge in [-0.1, -0.05) is 18.2 Å². The molecule has 9 heteroatoms. The van der Waals surface area contributed by atoms with Gasteiger partial charge in [-0.2, -0.15) is 13.2 Å². The Morgan fingerprint density at radius 3 is 2.66 bits per heavy atom. The van der Waals surface area contributed by atoms with Crippen molar-refractivity contribution in [2.45, 2.75) is 44.9 Å². The Hall–Kier alpha value is -2.65. The molecule has 0 amide bonds. The van der Waals surface area contributed by atoms with Crippen LogP contribution in [0.1, 0.15) is 41.8 Å². The third-order valence-electron chi connectivity index (χ3n) is 6.59. The van der Waals surface area contributed by atoms with Crippen LogP contribution in [-0.2, 0) is 6.42 Å². The fourth-order valence-electron chi connectivity index (χ4n) is 4.99. The van der Waals surface area contributed by atoms with Gasteiger partial charge in [0.2, 0.25) is 0 Å². The second kappa shape index (κ2) is 10.5. The monoisotopic (exact) mass is 495 g/mol. The van der Waals surface area contributed by atoms with Crippen LogP contribution in [0.15, 0.2) is 36.4 Å². The van der Waals surface area contributed by atoms with E-state index in [9.17, 15) is 17.6 Å². The van der Waals surface area contributed by atoms with Crippen LogP contribution in [0.4, 0.5) is 22.0 Å². The summed E-state index contributed by atoms with van der Waals surface area (Å²) in [5.41, 5.74) is 2.95. The third-order valence-corrected chi connectivity index (χ3v) is 6.59. The Morgan fingerprint density at radius 1 is 1.14 bits per heavy atom. The molecule has 190 valence electrons. The number of para-hydroxylation sites is 1. The van der Waals surface area contributed by atoms with E-state index in [0.717, 1.165) is 16.5 Å². The Balaban J connectivity index is 1.75. The Morgan fingerprint density at radius 2 is 1.91 bits per heavy atom. The molecule has 3 aromatic rings. The highest BCUT2D eigenvalue weighted by Gasteiger charge is 2.43. The van der Waals surface area contributed by atoms with Crippen molar-refractivity contribution in [3.05, 3.63) is 64.6 Å². The average Bonchev–Trinajstić information content (AvgIpc) is 3.16. The number of hydrogen-bond acceptors (Lipinski definition) is 3. The fourth-order valence-corrected chi connectivity index (χ4v) is 4.99. The molecule has 2 atom stereocenters. The molecule has 2 aromatic carbocycles. The number of alkyl halides is 4. The van der Waals surface area contributed by atoms with Crippen LogP contribution in [0.25, 0.3) is 10.9 Å². The standard InChI is InChI=1S/C26H30F5N3O/c1-16-14-19-18-6-3-4-7-21(18)33-24(19)25(34(16)15-26(29,30)31)23-17(2)22(9-8-20(23)28)35-13-12-32-11-5-10-27/h3-4,6-9,16,25,32-33H,5,10-15H2,1-2H3/t16-,25?/m1/s1. The van der Waals surface area contributed by atoms with Gasteiger partial charge in [-0.05, 0) is 62.6 Å². The number of nitrogens with one attached hydrogen (secondary N) is 2. The predicted octanol–water partition coefficient (Wildman–Crippen LogP) is 5.84. The Kier molecular flexibility index (Phi) is 7.66. The van der Waals surface area contributed by atoms with Crippen molar-refractivity contribution in [2.24, 2.45) is 0 Å². The molecule has 2 heterocycles. The average molecular weight is 496 g/mol. The highest BCUT2D eigenvalue weighted by molar-refractivity contribution is 5.85. The molecule has 4 nitrogen and oxygen atoms in total. The van der Waals surface area contributed by atoms with Crippen LogP contribution in [0, 0.1) is 12.7 Å². The topological polar surface area (TPSA) is 40.3 Å². The molecule has 0 aliphatic carbocycles. The van der Waals surface area contributed by atoms with E-state index in [4.69, 9.17) is 4.74 Å². The number of rotatable bonds is 9. The molecular weight excluding hydrogens is 465 g/mol. The Labute approximate surface area is 201 Å². The van der Waals surface area contributed by atoms with E-state index in [1.807, 2.05) is 24.3 Å². The van der Waals surface area contributed by atoms with Gasteiger partial charge >= 0.3 is 6.18 Å². The highest BCUT2D eigenvalue weighted by Crippen LogP contribution is 2.44. The number of fused-ring (bicyclic) bond motifs is 3. The zero-order chi connectivity index (χ0) is 25.2. The summed E-state index contributed by atoms with van der Waals surface area (Å²) in [4.78, 5) is 4.61. The van der Waals surface area contributed by atoms with Crippen LogP contribution in [0.3, 0.4) is 0 Å². The van der Waals surface area contributed by atoms with E-state index >= 15 is 4.39 Å². The van der Waals surface area contributed by atoms with Gasteiger partial charge in [0.1, 0.15) is 18.2 Å². The summed E-state index contributed by atoms with van der Waals surface area (Å²) in [7, 11) is 0. The fraction of sp³-hybridized carbons (Fsp3) is 0.462. The maximum atomic E-state index is 15.4. The second-order valence-corrected chi connectivity index (χ2v) is 9.03. The van der Waals surface area contributed by atoms with Crippen molar-refractivity contribution in [3.63, 3.8) is 0 Å². The van der Waals surface area contributed by atoms with Crippen molar-refractivity contribution in [1.82, 2.24) is 15.2 Å². The van der Waals surface area contributed by atoms with E-state index in [2.05, 4.69) is 10.3 Å². The molecule has 1 aromatic heterocycles. The van der Waals surface area contributed by atoms with Crippen molar-refractivity contribution in [1.29, 1.82) is 0 Å². The smallest absolute Gasteiger partial charge is 0.401 e. The predicted molar refractivity (Wildman–Crippen MR) is 126 cm³/mol. The molecule has 0 saturated heterocycles. The molecule has 1 unspecified atom stereocenters. The number of aromatic nitrogens is 1. The number of halogens is 5. The van der Waals surface area contributed by atoms with Crippen LogP contribution < -0.4 is 10.1 Å². The summed E-state index contributed by atoms with van der Waals surface area (Å²) >= 11 is 0. The number of H-pyrrole nitrogens is 1. The van der Waals surface area contributed by atoms with E-state index in [1.54, 1.807) is 13.8 Å². The first-order valence-electron chi connectivity index (χ1n) is 11.8. The van der Waals surface area contributed by atoms with Crippen LogP contribution in [0.5, 0.6) is 5.75 Å². The first-order valence-corrected chi connectivity index (χ1v) is 11.8. The van der Waals surface area contributed by atoms with Crippen molar-refractivity contribution >= 4 is 10.9 Å². The molecule has 0 fully saturated rings. The van der Waals surface area contributed by atoms with Gasteiger partial charge < -0.3 is 15.0 Å². The normalized spacial score (nSPS) is 18.7. The minimum Gasteiger partial charge on any atom is -0.492 e. The first kappa shape index (κ1) is 25.4. The van der Waals surface area contributed by atoms with Crippen molar-refractivity contribution in [2.75, 3.05) is 32.9 Å². The molecule has 4 rings (SSSR count). The largest absolute Gasteiger partial charge is 0.492 e. The lowest BCUT2D eigenvalue weighted by atomic mass is 9.86. The zero-order valence-corrected chi connectivity index (χ0v) is 19.8. The molecular formula is C26H30F5N3O. The lowest BCUT2D eigenvalue weighted by molar-refractivity contribution is -0.155. The maximum Gasteiger partial charge on any atom is 0.401 e. The van der Waals surface area contributed by atoms with Crippen LogP contribution >= 0.6 is 0 Å². The van der Waals surface area contributed by atoms with Gasteiger partial charge in [0.05, 0.1) is 19.3 Å². The number of nitrogens with zero attached hydrogens (tertiary/aromatic N) is 1. The summed E-state index contributed by atoms with van der Waals surface area (Å²) in [6.07, 6.45) is -3.62. The van der Waals surface area contributed by atoms with Gasteiger partial charge in [0.15, 0.2) is 0 Å². The zero-order valence-electron chi connectivity index (χ0n) is 19.8. The van der Waals surface area contributed by atoms with Gasteiger partial charge in [-0.15, -0.1) is 0 Å². The second-order valence-electron chi connectivity index (χ2n) is 9.03. The molecule has 1 aliphatic heterocycles. The van der Waals surface area contributed by atoms with Crippen LogP contribution in [-0.4, -0.2) is 55.0 Å². The van der Waals surface area contributed by atoms with E-state index in [1.165, 1.54) is 17.0 Å². The number of hydrogen-bond donors (Lipinski definition) is 2. The molecule has 0 radical (unpaired) electrons. The summed E-state index contributed by atoms with van der Waals surface area (Å²) in [6, 6.07) is 8.90. The lowest BCUT2D eigenvalue weighted by Gasteiger charge is -2.41. The summed E-state index contributed by atoms with van der Waals surface area (Å²) in [5, 5.41) is 4.00. The number of benzene rings is 2. The van der Waals surface area contributed by atoms with Crippen LogP contribution in [0.2, 0.25) is 0 Å². The lowest BCUT2D eigenvalue weighted by Crippen LogP contribution is -2.47. The summed E-state index contributed by atoms with van der Waals surface area (Å²) in [6.45, 7) is 3.12. The third kappa shape index (κ3) is 5.46. The molecule has 35 heavy (non-hydrogen) atoms. The highest BCUT2D eigenvalue weighted by atomic mass is 19.4. The SMILES string of the molecule is Cc1c(OCCNCCCF)ccc(F)c1C1c2[nH]c3ccccc3c2C[C@@H](C)N1CC(F)(F)F. The van der Waals surface area contributed by atoms with Gasteiger partial charge in [0.25, 0.3) is 0 Å². The molecule has 0 bridgehead atoms. The maximum absolute atomic E-state index is 15.4. The molecule has 0 saturated carbocycles. The van der Waals surface area contributed by atoms with Crippen molar-refractivity contribution < 1.29 is 26.7 Å². The molecule has 1 aliphatic rings. The van der Waals surface area contributed by atoms with E-state index < -0.39 is 37.3 Å². The molecule has 0 spiro atoms. The minimum atomic E-state index is -4.44. The number of aromatic amines is 1. The molecule has 2 N–H and O–H groups in total. The van der Waals surface area contributed by atoms with E-state index in [0.29, 0.717) is 42.9 Å². The van der Waals surface area contributed by atoms with Crippen molar-refractivity contribution in [3.8, 4) is 5.75 Å². The van der Waals surface area contributed by atoms with E-state index in [-0.39, 0.29) is 12.2 Å². The Bertz CT molecular complexity index is 1160. The number of ether oxygens (including phenoxy) is 1. The quantitative estimate of drug-likeness (QED) is 0.289. The summed E-state index contributed by atoms with van der Waals surface area (Å²) in [5.74, 6) is -0.164. The minimum absolute atomic E-state index is 0.177. The summed E-state index contributed by atoms with van der Waals surface area (Å²) < 4.78 is 74.4. The first-order chi connectivity index (χ1) is 16.7. The van der Waals surface area contributed by atoms with Gasteiger partial charge in [-0.25, -0.2) is 4.39 Å². The van der Waals surface area contributed by atoms with Gasteiger partial charge in [0, 0.05) is 34.7 Å². The van der Waals surface area contributed by atoms with Gasteiger partial charge in [-0.3, -0.25) is 9.29 Å².